The summed E-state index contributed by atoms with van der Waals surface area (Å²) in [4.78, 5) is 13.6. The Kier molecular flexibility index (Phi) is 3.50. The second kappa shape index (κ2) is 5.09. The molecule has 1 heterocycles. The molecule has 2 aromatic rings. The van der Waals surface area contributed by atoms with Gasteiger partial charge >= 0.3 is 0 Å². The number of anilines is 1. The van der Waals surface area contributed by atoms with Gasteiger partial charge in [0.25, 0.3) is 5.91 Å². The van der Waals surface area contributed by atoms with Gasteiger partial charge in [0.2, 0.25) is 0 Å². The van der Waals surface area contributed by atoms with Crippen molar-refractivity contribution in [2.24, 2.45) is 0 Å². The average molecular weight is 263 g/mol. The van der Waals surface area contributed by atoms with Gasteiger partial charge in [0.05, 0.1) is 12.2 Å². The molecule has 0 radical (unpaired) electrons. The van der Waals surface area contributed by atoms with Gasteiger partial charge in [0.15, 0.2) is 0 Å². The third kappa shape index (κ3) is 2.90. The van der Waals surface area contributed by atoms with E-state index in [0.29, 0.717) is 23.6 Å². The lowest BCUT2D eigenvalue weighted by Crippen LogP contribution is -2.26. The molecule has 0 spiro atoms. The highest BCUT2D eigenvalue weighted by molar-refractivity contribution is 5.94. The van der Waals surface area contributed by atoms with E-state index >= 15 is 0 Å². The normalized spacial score (nSPS) is 10.5. The van der Waals surface area contributed by atoms with Gasteiger partial charge in [-0.15, -0.1) is 0 Å². The van der Waals surface area contributed by atoms with E-state index in [9.17, 15) is 9.18 Å². The lowest BCUT2D eigenvalue weighted by atomic mass is 10.1. The molecule has 1 aromatic heterocycles. The molecule has 0 aliphatic rings. The van der Waals surface area contributed by atoms with Crippen LogP contribution in [0.15, 0.2) is 28.8 Å². The zero-order valence-electron chi connectivity index (χ0n) is 10.7. The number of nitrogen functional groups attached to an aromatic ring is 1. The van der Waals surface area contributed by atoms with Crippen LogP contribution in [0.25, 0.3) is 0 Å². The third-order valence-corrected chi connectivity index (χ3v) is 2.67. The number of nitrogens with two attached hydrogens (primary N) is 1. The molecule has 2 N–H and O–H groups in total. The number of hydrogen-bond acceptors (Lipinski definition) is 4. The first kappa shape index (κ1) is 13.1. The van der Waals surface area contributed by atoms with E-state index in [0.717, 1.165) is 0 Å². The fourth-order valence-corrected chi connectivity index (χ4v) is 1.70. The third-order valence-electron chi connectivity index (χ3n) is 2.67. The van der Waals surface area contributed by atoms with Gasteiger partial charge in [-0.3, -0.25) is 4.79 Å². The standard InChI is InChI=1S/C13H14FN3O2/c1-8-5-10(16-19-8)7-17(2)13(18)9-3-4-11(14)12(15)6-9/h3-6H,7,15H2,1-2H3. The zero-order chi connectivity index (χ0) is 14.0. The second-order valence-corrected chi connectivity index (χ2v) is 4.33. The van der Waals surface area contributed by atoms with E-state index in [2.05, 4.69) is 5.16 Å². The number of hydrogen-bond donors (Lipinski definition) is 1. The van der Waals surface area contributed by atoms with Crippen LogP contribution in [0.1, 0.15) is 21.8 Å². The Morgan fingerprint density at radius 3 is 2.79 bits per heavy atom. The lowest BCUT2D eigenvalue weighted by molar-refractivity contribution is 0.0782. The first-order chi connectivity index (χ1) is 8.97. The molecule has 1 aromatic carbocycles. The van der Waals surface area contributed by atoms with Crippen LogP contribution in [0.2, 0.25) is 0 Å². The van der Waals surface area contributed by atoms with Crippen LogP contribution in [-0.2, 0) is 6.54 Å². The summed E-state index contributed by atoms with van der Waals surface area (Å²) in [6, 6.07) is 5.65. The van der Waals surface area contributed by atoms with Crippen molar-refractivity contribution in [3.8, 4) is 0 Å². The summed E-state index contributed by atoms with van der Waals surface area (Å²) in [5.74, 6) is -0.111. The van der Waals surface area contributed by atoms with Crippen LogP contribution >= 0.6 is 0 Å². The van der Waals surface area contributed by atoms with Crippen molar-refractivity contribution in [2.45, 2.75) is 13.5 Å². The predicted molar refractivity (Wildman–Crippen MR) is 67.8 cm³/mol. The SMILES string of the molecule is Cc1cc(CN(C)C(=O)c2ccc(F)c(N)c2)no1. The quantitative estimate of drug-likeness (QED) is 0.859. The van der Waals surface area contributed by atoms with E-state index in [4.69, 9.17) is 10.3 Å². The van der Waals surface area contributed by atoms with Gasteiger partial charge < -0.3 is 15.2 Å². The Morgan fingerprint density at radius 2 is 2.21 bits per heavy atom. The molecule has 100 valence electrons. The minimum Gasteiger partial charge on any atom is -0.396 e. The molecular weight excluding hydrogens is 249 g/mol. The molecule has 2 rings (SSSR count). The summed E-state index contributed by atoms with van der Waals surface area (Å²) in [6.07, 6.45) is 0. The minimum atomic E-state index is -0.536. The van der Waals surface area contributed by atoms with Crippen molar-refractivity contribution in [1.29, 1.82) is 0 Å². The minimum absolute atomic E-state index is 0.0449. The molecule has 6 heteroatoms. The van der Waals surface area contributed by atoms with Crippen molar-refractivity contribution in [3.63, 3.8) is 0 Å². The Morgan fingerprint density at radius 1 is 1.47 bits per heavy atom. The molecule has 19 heavy (non-hydrogen) atoms. The fraction of sp³-hybridized carbons (Fsp3) is 0.231. The van der Waals surface area contributed by atoms with Crippen molar-refractivity contribution in [3.05, 3.63) is 47.1 Å². The van der Waals surface area contributed by atoms with Gasteiger partial charge in [0, 0.05) is 18.7 Å². The van der Waals surface area contributed by atoms with Gasteiger partial charge in [-0.25, -0.2) is 4.39 Å². The van der Waals surface area contributed by atoms with Gasteiger partial charge in [0.1, 0.15) is 17.3 Å². The molecule has 0 bridgehead atoms. The first-order valence-corrected chi connectivity index (χ1v) is 5.70. The first-order valence-electron chi connectivity index (χ1n) is 5.70. The number of aromatic nitrogens is 1. The summed E-state index contributed by atoms with van der Waals surface area (Å²) in [5.41, 5.74) is 6.39. The van der Waals surface area contributed by atoms with Gasteiger partial charge in [-0.1, -0.05) is 5.16 Å². The summed E-state index contributed by atoms with van der Waals surface area (Å²) in [6.45, 7) is 2.09. The largest absolute Gasteiger partial charge is 0.396 e. The maximum absolute atomic E-state index is 13.0. The van der Waals surface area contributed by atoms with E-state index in [-0.39, 0.29) is 11.6 Å². The number of amides is 1. The predicted octanol–water partition coefficient (Wildman–Crippen LogP) is 1.98. The number of carbonyl (C=O) groups is 1. The monoisotopic (exact) mass is 263 g/mol. The lowest BCUT2D eigenvalue weighted by Gasteiger charge is -2.15. The Bertz CT molecular complexity index is 610. The number of carbonyl (C=O) groups excluding carboxylic acids is 1. The molecule has 0 aliphatic carbocycles. The second-order valence-electron chi connectivity index (χ2n) is 4.33. The van der Waals surface area contributed by atoms with E-state index in [1.54, 1.807) is 20.0 Å². The van der Waals surface area contributed by atoms with E-state index < -0.39 is 5.82 Å². The molecule has 0 saturated carbocycles. The molecule has 5 nitrogen and oxygen atoms in total. The summed E-state index contributed by atoms with van der Waals surface area (Å²) >= 11 is 0. The van der Waals surface area contributed by atoms with Crippen molar-refractivity contribution >= 4 is 11.6 Å². The Labute approximate surface area is 109 Å². The number of aryl methyl sites for hydroxylation is 1. The van der Waals surface area contributed by atoms with Crippen LogP contribution in [0, 0.1) is 12.7 Å². The van der Waals surface area contributed by atoms with Crippen molar-refractivity contribution in [1.82, 2.24) is 10.1 Å². The molecular formula is C13H14FN3O2. The van der Waals surface area contributed by atoms with Crippen LogP contribution in [0.3, 0.4) is 0 Å². The van der Waals surface area contributed by atoms with Crippen molar-refractivity contribution < 1.29 is 13.7 Å². The Hall–Kier alpha value is -2.37. The fourth-order valence-electron chi connectivity index (χ4n) is 1.70. The van der Waals surface area contributed by atoms with Crippen molar-refractivity contribution in [2.75, 3.05) is 12.8 Å². The highest BCUT2D eigenvalue weighted by Crippen LogP contribution is 2.14. The summed E-state index contributed by atoms with van der Waals surface area (Å²) < 4.78 is 18.0. The average Bonchev–Trinajstić information content (AvgIpc) is 2.77. The maximum Gasteiger partial charge on any atom is 0.254 e. The van der Waals surface area contributed by atoms with Gasteiger partial charge in [-0.2, -0.15) is 0 Å². The summed E-state index contributed by atoms with van der Waals surface area (Å²) in [5, 5.41) is 3.81. The number of halogens is 1. The van der Waals surface area contributed by atoms with Crippen LogP contribution in [0.5, 0.6) is 0 Å². The topological polar surface area (TPSA) is 72.4 Å². The molecule has 0 saturated heterocycles. The Balaban J connectivity index is 2.12. The number of rotatable bonds is 3. The zero-order valence-corrected chi connectivity index (χ0v) is 10.7. The molecule has 0 unspecified atom stereocenters. The van der Waals surface area contributed by atoms with E-state index in [1.807, 2.05) is 0 Å². The molecule has 1 amide bonds. The van der Waals surface area contributed by atoms with Crippen LogP contribution < -0.4 is 5.73 Å². The molecule has 0 fully saturated rings. The van der Waals surface area contributed by atoms with Crippen LogP contribution in [-0.4, -0.2) is 23.0 Å². The number of benzene rings is 1. The summed E-state index contributed by atoms with van der Waals surface area (Å²) in [7, 11) is 1.63. The molecule has 0 aliphatic heterocycles. The van der Waals surface area contributed by atoms with Crippen LogP contribution in [0.4, 0.5) is 10.1 Å². The highest BCUT2D eigenvalue weighted by atomic mass is 19.1. The molecule has 0 atom stereocenters. The maximum atomic E-state index is 13.0. The number of nitrogens with zero attached hydrogens (tertiary/aromatic N) is 2. The smallest absolute Gasteiger partial charge is 0.254 e. The van der Waals surface area contributed by atoms with E-state index in [1.165, 1.54) is 23.1 Å². The van der Waals surface area contributed by atoms with Gasteiger partial charge in [-0.05, 0) is 25.1 Å². The highest BCUT2D eigenvalue weighted by Gasteiger charge is 2.15.